The van der Waals surface area contributed by atoms with Gasteiger partial charge in [0.25, 0.3) is 0 Å². The van der Waals surface area contributed by atoms with Crippen LogP contribution in [0.3, 0.4) is 0 Å². The molecule has 3 atom stereocenters. The lowest BCUT2D eigenvalue weighted by molar-refractivity contribution is -0.124. The van der Waals surface area contributed by atoms with E-state index in [1.165, 1.54) is 0 Å². The molecule has 1 N–H and O–H groups in total. The fourth-order valence-electron chi connectivity index (χ4n) is 2.24. The van der Waals surface area contributed by atoms with E-state index in [0.29, 0.717) is 12.5 Å². The van der Waals surface area contributed by atoms with Crippen LogP contribution in [0.4, 0.5) is 0 Å². The second-order valence-corrected chi connectivity index (χ2v) is 4.43. The Bertz CT molecular complexity index is 158. The molecule has 2 nitrogen and oxygen atoms in total. The third kappa shape index (κ3) is 2.68. The van der Waals surface area contributed by atoms with Crippen molar-refractivity contribution in [3.63, 3.8) is 0 Å². The molecule has 0 radical (unpaired) electrons. The van der Waals surface area contributed by atoms with Crippen molar-refractivity contribution < 1.29 is 9.84 Å². The molecule has 1 aliphatic heterocycles. The van der Waals surface area contributed by atoms with Gasteiger partial charge >= 0.3 is 0 Å². The van der Waals surface area contributed by atoms with Gasteiger partial charge in [-0.15, -0.1) is 0 Å². The zero-order valence-electron chi connectivity index (χ0n) is 9.05. The number of hydrogen-bond acceptors (Lipinski definition) is 2. The molecule has 13 heavy (non-hydrogen) atoms. The van der Waals surface area contributed by atoms with Gasteiger partial charge in [-0.25, -0.2) is 0 Å². The van der Waals surface area contributed by atoms with Crippen molar-refractivity contribution in [3.8, 4) is 0 Å². The number of rotatable bonds is 3. The predicted molar refractivity (Wildman–Crippen MR) is 53.7 cm³/mol. The maximum absolute atomic E-state index is 10.4. The summed E-state index contributed by atoms with van der Waals surface area (Å²) in [6.45, 7) is 7.08. The van der Waals surface area contributed by atoms with Gasteiger partial charge in [0.2, 0.25) is 0 Å². The van der Waals surface area contributed by atoms with Crippen LogP contribution in [0.2, 0.25) is 0 Å². The lowest BCUT2D eigenvalue weighted by atomic mass is 9.78. The van der Waals surface area contributed by atoms with Crippen LogP contribution in [0.5, 0.6) is 0 Å². The Kier molecular flexibility index (Phi) is 3.74. The number of hydrogen-bond donors (Lipinski definition) is 1. The monoisotopic (exact) mass is 186 g/mol. The average Bonchev–Trinajstić information content (AvgIpc) is 2.04. The van der Waals surface area contributed by atoms with E-state index in [4.69, 9.17) is 4.74 Å². The maximum Gasteiger partial charge on any atom is 0.0719 e. The minimum Gasteiger partial charge on any atom is -0.389 e. The van der Waals surface area contributed by atoms with Crippen LogP contribution in [0.15, 0.2) is 0 Å². The molecule has 0 aromatic heterocycles. The van der Waals surface area contributed by atoms with E-state index < -0.39 is 5.60 Å². The first-order valence-electron chi connectivity index (χ1n) is 5.42. The summed E-state index contributed by atoms with van der Waals surface area (Å²) < 4.78 is 5.44. The lowest BCUT2D eigenvalue weighted by Crippen LogP contribution is -2.44. The number of aliphatic hydroxyl groups is 1. The highest BCUT2D eigenvalue weighted by molar-refractivity contribution is 4.88. The van der Waals surface area contributed by atoms with Gasteiger partial charge in [-0.2, -0.15) is 0 Å². The molecule has 2 heteroatoms. The van der Waals surface area contributed by atoms with E-state index in [1.54, 1.807) is 0 Å². The van der Waals surface area contributed by atoms with Crippen molar-refractivity contribution in [1.82, 2.24) is 0 Å². The first-order chi connectivity index (χ1) is 6.08. The summed E-state index contributed by atoms with van der Waals surface area (Å²) in [5.74, 6) is 0.406. The van der Waals surface area contributed by atoms with Crippen molar-refractivity contribution in [2.45, 2.75) is 58.2 Å². The minimum atomic E-state index is -0.465. The summed E-state index contributed by atoms with van der Waals surface area (Å²) in [5.41, 5.74) is -0.465. The molecule has 1 aliphatic rings. The van der Waals surface area contributed by atoms with Crippen molar-refractivity contribution in [2.75, 3.05) is 6.61 Å². The molecule has 0 aromatic carbocycles. The van der Waals surface area contributed by atoms with Gasteiger partial charge in [0, 0.05) is 13.0 Å². The first-order valence-corrected chi connectivity index (χ1v) is 5.42. The van der Waals surface area contributed by atoms with Crippen molar-refractivity contribution >= 4 is 0 Å². The van der Waals surface area contributed by atoms with E-state index >= 15 is 0 Å². The Hall–Kier alpha value is -0.0800. The summed E-state index contributed by atoms with van der Waals surface area (Å²) in [4.78, 5) is 0. The van der Waals surface area contributed by atoms with E-state index in [1.807, 2.05) is 6.92 Å². The molecule has 0 aliphatic carbocycles. The van der Waals surface area contributed by atoms with Crippen molar-refractivity contribution in [1.29, 1.82) is 0 Å². The molecule has 1 heterocycles. The van der Waals surface area contributed by atoms with Crippen LogP contribution in [0, 0.1) is 5.92 Å². The van der Waals surface area contributed by atoms with E-state index in [0.717, 1.165) is 25.7 Å². The van der Waals surface area contributed by atoms with Gasteiger partial charge in [0.15, 0.2) is 0 Å². The highest BCUT2D eigenvalue weighted by atomic mass is 16.5. The molecule has 0 saturated carbocycles. The first kappa shape index (κ1) is 11.0. The summed E-state index contributed by atoms with van der Waals surface area (Å²) in [6.07, 6.45) is 4.09. The smallest absolute Gasteiger partial charge is 0.0719 e. The third-order valence-electron chi connectivity index (χ3n) is 3.22. The predicted octanol–water partition coefficient (Wildman–Crippen LogP) is 2.35. The highest BCUT2D eigenvalue weighted by Crippen LogP contribution is 2.33. The molecule has 3 unspecified atom stereocenters. The van der Waals surface area contributed by atoms with Crippen LogP contribution < -0.4 is 0 Å². The standard InChI is InChI=1S/C11H22O2/c1-4-5-9(2)11(12)6-7-13-10(3)8-11/h9-10,12H,4-8H2,1-3H3. The molecule has 0 spiro atoms. The van der Waals surface area contributed by atoms with Crippen LogP contribution in [-0.4, -0.2) is 23.4 Å². The summed E-state index contributed by atoms with van der Waals surface area (Å²) in [5, 5.41) is 10.4. The summed E-state index contributed by atoms with van der Waals surface area (Å²) >= 11 is 0. The zero-order valence-corrected chi connectivity index (χ0v) is 9.05. The fourth-order valence-corrected chi connectivity index (χ4v) is 2.24. The molecule has 78 valence electrons. The Balaban J connectivity index is 2.52. The highest BCUT2D eigenvalue weighted by Gasteiger charge is 2.37. The molecule has 0 amide bonds. The maximum atomic E-state index is 10.4. The van der Waals surface area contributed by atoms with Crippen LogP contribution in [0.1, 0.15) is 46.5 Å². The molecular weight excluding hydrogens is 164 g/mol. The van der Waals surface area contributed by atoms with Gasteiger partial charge in [-0.05, 0) is 25.7 Å². The Morgan fingerprint density at radius 1 is 1.62 bits per heavy atom. The summed E-state index contributed by atoms with van der Waals surface area (Å²) in [7, 11) is 0. The average molecular weight is 186 g/mol. The topological polar surface area (TPSA) is 29.5 Å². The van der Waals surface area contributed by atoms with Crippen LogP contribution >= 0.6 is 0 Å². The van der Waals surface area contributed by atoms with Gasteiger partial charge in [0.1, 0.15) is 0 Å². The van der Waals surface area contributed by atoms with Gasteiger partial charge in [-0.3, -0.25) is 0 Å². The Labute approximate surface area is 81.3 Å². The quantitative estimate of drug-likeness (QED) is 0.733. The minimum absolute atomic E-state index is 0.220. The van der Waals surface area contributed by atoms with Gasteiger partial charge in [0.05, 0.1) is 11.7 Å². The molecule has 1 saturated heterocycles. The van der Waals surface area contributed by atoms with E-state index in [9.17, 15) is 5.11 Å². The second kappa shape index (κ2) is 4.43. The largest absolute Gasteiger partial charge is 0.389 e. The van der Waals surface area contributed by atoms with Crippen molar-refractivity contribution in [3.05, 3.63) is 0 Å². The third-order valence-corrected chi connectivity index (χ3v) is 3.22. The lowest BCUT2D eigenvalue weighted by Gasteiger charge is -2.40. The number of ether oxygens (including phenoxy) is 1. The SMILES string of the molecule is CCCC(C)C1(O)CCOC(C)C1. The fraction of sp³-hybridized carbons (Fsp3) is 1.00. The Morgan fingerprint density at radius 2 is 2.31 bits per heavy atom. The molecule has 0 aromatic rings. The van der Waals surface area contributed by atoms with E-state index in [2.05, 4.69) is 13.8 Å². The molecule has 1 rings (SSSR count). The van der Waals surface area contributed by atoms with Gasteiger partial charge in [-0.1, -0.05) is 20.3 Å². The van der Waals surface area contributed by atoms with Gasteiger partial charge < -0.3 is 9.84 Å². The Morgan fingerprint density at radius 3 is 2.85 bits per heavy atom. The van der Waals surface area contributed by atoms with Crippen LogP contribution in [0.25, 0.3) is 0 Å². The second-order valence-electron chi connectivity index (χ2n) is 4.43. The molecule has 1 fully saturated rings. The van der Waals surface area contributed by atoms with Crippen LogP contribution in [-0.2, 0) is 4.74 Å². The van der Waals surface area contributed by atoms with Crippen molar-refractivity contribution in [2.24, 2.45) is 5.92 Å². The van der Waals surface area contributed by atoms with E-state index in [-0.39, 0.29) is 6.10 Å². The zero-order chi connectivity index (χ0) is 9.90. The molecular formula is C11H22O2. The normalized spacial score (nSPS) is 37.4. The molecule has 0 bridgehead atoms. The summed E-state index contributed by atoms with van der Waals surface area (Å²) in [6, 6.07) is 0.